The lowest BCUT2D eigenvalue weighted by Gasteiger charge is -2.13. The first-order valence-electron chi connectivity index (χ1n) is 7.22. The number of carbonyl (C=O) groups is 2. The van der Waals surface area contributed by atoms with E-state index < -0.39 is 23.7 Å². The maximum Gasteiger partial charge on any atom is 0.326 e. The minimum absolute atomic E-state index is 0.0786. The summed E-state index contributed by atoms with van der Waals surface area (Å²) in [5, 5.41) is 12.0. The van der Waals surface area contributed by atoms with Crippen LogP contribution in [0.25, 0.3) is 10.1 Å². The summed E-state index contributed by atoms with van der Waals surface area (Å²) in [6, 6.07) is 3.66. The van der Waals surface area contributed by atoms with Gasteiger partial charge in [-0.05, 0) is 18.6 Å². The molecule has 0 aliphatic rings. The van der Waals surface area contributed by atoms with Crippen LogP contribution in [-0.4, -0.2) is 30.1 Å². The first-order valence-corrected chi connectivity index (χ1v) is 8.03. The van der Waals surface area contributed by atoms with Crippen molar-refractivity contribution in [1.82, 2.24) is 5.32 Å². The van der Waals surface area contributed by atoms with Crippen LogP contribution in [0.4, 0.5) is 4.39 Å². The molecule has 1 unspecified atom stereocenters. The van der Waals surface area contributed by atoms with Crippen LogP contribution in [0.1, 0.15) is 35.0 Å². The van der Waals surface area contributed by atoms with Gasteiger partial charge < -0.3 is 15.2 Å². The number of carboxylic acids is 1. The van der Waals surface area contributed by atoms with Crippen LogP contribution in [0, 0.1) is 5.82 Å². The second kappa shape index (κ2) is 7.52. The molecule has 5 nitrogen and oxygen atoms in total. The van der Waals surface area contributed by atoms with E-state index in [1.807, 2.05) is 6.92 Å². The zero-order valence-corrected chi connectivity index (χ0v) is 13.7. The maximum atomic E-state index is 14.1. The normalized spacial score (nSPS) is 12.3. The van der Waals surface area contributed by atoms with E-state index in [9.17, 15) is 14.0 Å². The number of carbonyl (C=O) groups excluding carboxylic acids is 1. The number of benzene rings is 1. The molecule has 1 heterocycles. The molecular weight excluding hydrogens is 321 g/mol. The number of hydrogen-bond donors (Lipinski definition) is 2. The Bertz CT molecular complexity index is 728. The second-order valence-corrected chi connectivity index (χ2v) is 6.16. The minimum atomic E-state index is -1.08. The van der Waals surface area contributed by atoms with Crippen molar-refractivity contribution in [2.45, 2.75) is 32.4 Å². The number of amides is 1. The number of hydrogen-bond acceptors (Lipinski definition) is 4. The summed E-state index contributed by atoms with van der Waals surface area (Å²) < 4.78 is 19.8. The topological polar surface area (TPSA) is 75.6 Å². The monoisotopic (exact) mass is 339 g/mol. The molecule has 23 heavy (non-hydrogen) atoms. The van der Waals surface area contributed by atoms with Crippen LogP contribution in [0.2, 0.25) is 0 Å². The Kier molecular flexibility index (Phi) is 5.68. The third-order valence-corrected chi connectivity index (χ3v) is 4.63. The summed E-state index contributed by atoms with van der Waals surface area (Å²) in [7, 11) is 1.46. The fraction of sp³-hybridized carbons (Fsp3) is 0.375. The molecule has 0 radical (unpaired) electrons. The summed E-state index contributed by atoms with van der Waals surface area (Å²) in [5.41, 5.74) is 0.448. The van der Waals surface area contributed by atoms with E-state index in [1.54, 1.807) is 12.1 Å². The van der Waals surface area contributed by atoms with Crippen molar-refractivity contribution in [3.8, 4) is 0 Å². The molecule has 0 aliphatic heterocycles. The highest BCUT2D eigenvalue weighted by Gasteiger charge is 2.25. The molecule has 2 aromatic rings. The van der Waals surface area contributed by atoms with Crippen LogP contribution in [-0.2, 0) is 16.1 Å². The number of aliphatic carboxylic acids is 1. The Balaban J connectivity index is 2.41. The van der Waals surface area contributed by atoms with Gasteiger partial charge in [-0.1, -0.05) is 19.4 Å². The van der Waals surface area contributed by atoms with Gasteiger partial charge in [0.2, 0.25) is 0 Å². The Morgan fingerprint density at radius 3 is 2.78 bits per heavy atom. The fourth-order valence-electron chi connectivity index (χ4n) is 2.40. The van der Waals surface area contributed by atoms with Gasteiger partial charge in [0.05, 0.1) is 11.5 Å². The molecule has 1 aromatic carbocycles. The van der Waals surface area contributed by atoms with Crippen LogP contribution >= 0.6 is 11.3 Å². The van der Waals surface area contributed by atoms with Crippen molar-refractivity contribution in [2.75, 3.05) is 7.11 Å². The van der Waals surface area contributed by atoms with Crippen LogP contribution in [0.15, 0.2) is 18.2 Å². The molecule has 1 aromatic heterocycles. The van der Waals surface area contributed by atoms with Gasteiger partial charge in [0.15, 0.2) is 0 Å². The predicted octanol–water partition coefficient (Wildman–Crippen LogP) is 3.17. The quantitative estimate of drug-likeness (QED) is 0.812. The summed E-state index contributed by atoms with van der Waals surface area (Å²) in [4.78, 5) is 24.0. The number of thiophene rings is 1. The highest BCUT2D eigenvalue weighted by Crippen LogP contribution is 2.33. The highest BCUT2D eigenvalue weighted by atomic mass is 32.1. The van der Waals surface area contributed by atoms with Gasteiger partial charge in [0, 0.05) is 22.8 Å². The van der Waals surface area contributed by atoms with E-state index in [2.05, 4.69) is 5.32 Å². The highest BCUT2D eigenvalue weighted by molar-refractivity contribution is 7.21. The summed E-state index contributed by atoms with van der Waals surface area (Å²) >= 11 is 1.13. The van der Waals surface area contributed by atoms with Crippen molar-refractivity contribution in [1.29, 1.82) is 0 Å². The lowest BCUT2D eigenvalue weighted by molar-refractivity contribution is -0.139. The number of fused-ring (bicyclic) bond motifs is 1. The summed E-state index contributed by atoms with van der Waals surface area (Å²) in [5.74, 6) is -2.02. The number of carboxylic acid groups (broad SMARTS) is 1. The Morgan fingerprint density at radius 2 is 2.17 bits per heavy atom. The molecule has 1 atom stereocenters. The minimum Gasteiger partial charge on any atom is -0.480 e. The number of nitrogens with one attached hydrogen (secondary N) is 1. The average molecular weight is 339 g/mol. The molecule has 0 fully saturated rings. The third kappa shape index (κ3) is 3.68. The lowest BCUT2D eigenvalue weighted by atomic mass is 10.1. The van der Waals surface area contributed by atoms with Gasteiger partial charge in [-0.2, -0.15) is 0 Å². The maximum absolute atomic E-state index is 14.1. The zero-order valence-electron chi connectivity index (χ0n) is 12.9. The van der Waals surface area contributed by atoms with Gasteiger partial charge in [-0.3, -0.25) is 4.79 Å². The molecule has 7 heteroatoms. The molecule has 2 rings (SSSR count). The molecule has 0 bridgehead atoms. The van der Waals surface area contributed by atoms with Crippen LogP contribution in [0.5, 0.6) is 0 Å². The Labute approximate surface area is 137 Å². The molecule has 0 saturated heterocycles. The molecule has 0 spiro atoms. The van der Waals surface area contributed by atoms with Gasteiger partial charge in [0.25, 0.3) is 5.91 Å². The summed E-state index contributed by atoms with van der Waals surface area (Å²) in [6.45, 7) is 1.92. The molecule has 124 valence electrons. The van der Waals surface area contributed by atoms with Gasteiger partial charge >= 0.3 is 5.97 Å². The van der Waals surface area contributed by atoms with Crippen LogP contribution in [0.3, 0.4) is 0 Å². The number of halogens is 1. The second-order valence-electron chi connectivity index (χ2n) is 5.11. The largest absolute Gasteiger partial charge is 0.480 e. The van der Waals surface area contributed by atoms with Gasteiger partial charge in [-0.25, -0.2) is 9.18 Å². The van der Waals surface area contributed by atoms with E-state index in [0.29, 0.717) is 28.5 Å². The third-order valence-electron chi connectivity index (χ3n) is 3.44. The van der Waals surface area contributed by atoms with Crippen LogP contribution < -0.4 is 5.32 Å². The van der Waals surface area contributed by atoms with Crippen molar-refractivity contribution in [3.05, 3.63) is 34.5 Å². The zero-order chi connectivity index (χ0) is 17.0. The Morgan fingerprint density at radius 1 is 1.43 bits per heavy atom. The average Bonchev–Trinajstić information content (AvgIpc) is 2.87. The fourth-order valence-corrected chi connectivity index (χ4v) is 3.53. The number of methoxy groups -OCH3 is 1. The molecular formula is C16H18FNO4S. The van der Waals surface area contributed by atoms with Gasteiger partial charge in [-0.15, -0.1) is 11.3 Å². The predicted molar refractivity (Wildman–Crippen MR) is 86.3 cm³/mol. The van der Waals surface area contributed by atoms with E-state index >= 15 is 0 Å². The van der Waals surface area contributed by atoms with E-state index in [-0.39, 0.29) is 11.5 Å². The van der Waals surface area contributed by atoms with E-state index in [1.165, 1.54) is 13.2 Å². The number of ether oxygens (including phenoxy) is 1. The summed E-state index contributed by atoms with van der Waals surface area (Å²) in [6.07, 6.45) is 0.961. The molecule has 2 N–H and O–H groups in total. The van der Waals surface area contributed by atoms with Crippen molar-refractivity contribution in [2.24, 2.45) is 0 Å². The lowest BCUT2D eigenvalue weighted by Crippen LogP contribution is -2.40. The Hall–Kier alpha value is -1.99. The van der Waals surface area contributed by atoms with E-state index in [4.69, 9.17) is 9.84 Å². The van der Waals surface area contributed by atoms with Gasteiger partial charge in [0.1, 0.15) is 11.9 Å². The molecule has 0 aliphatic carbocycles. The standard InChI is InChI=1S/C16H18FNO4S/c1-3-5-11(16(20)21)18-15(19)14-9(8-22-2)13-10(17)6-4-7-12(13)23-14/h4,6-7,11H,3,5,8H2,1-2H3,(H,18,19)(H,20,21). The molecule has 0 saturated carbocycles. The van der Waals surface area contributed by atoms with Crippen molar-refractivity contribution >= 4 is 33.3 Å². The SMILES string of the molecule is CCCC(NC(=O)c1sc2cccc(F)c2c1COC)C(=O)O. The van der Waals surface area contributed by atoms with Crippen molar-refractivity contribution in [3.63, 3.8) is 0 Å². The smallest absolute Gasteiger partial charge is 0.326 e. The molecule has 1 amide bonds. The van der Waals surface area contributed by atoms with E-state index in [0.717, 1.165) is 11.3 Å². The van der Waals surface area contributed by atoms with Crippen molar-refractivity contribution < 1.29 is 23.8 Å². The first kappa shape index (κ1) is 17.4. The first-order chi connectivity index (χ1) is 11.0. The number of rotatable bonds is 7.